The molecule has 4 nitrogen and oxygen atoms in total. The van der Waals surface area contributed by atoms with Crippen LogP contribution in [-0.4, -0.2) is 24.0 Å². The number of nitrogens with zero attached hydrogens (tertiary/aromatic N) is 2. The van der Waals surface area contributed by atoms with Gasteiger partial charge in [0.05, 0.1) is 16.4 Å². The second kappa shape index (κ2) is 7.30. The van der Waals surface area contributed by atoms with Gasteiger partial charge in [-0.15, -0.1) is 11.3 Å². The van der Waals surface area contributed by atoms with E-state index in [4.69, 9.17) is 4.74 Å². The zero-order valence-corrected chi connectivity index (χ0v) is 15.5. The number of thiazole rings is 1. The van der Waals surface area contributed by atoms with Gasteiger partial charge in [0.1, 0.15) is 5.75 Å². The molecule has 26 heavy (non-hydrogen) atoms. The Kier molecular flexibility index (Phi) is 4.71. The highest BCUT2D eigenvalue weighted by atomic mass is 32.1. The first-order chi connectivity index (χ1) is 12.7. The van der Waals surface area contributed by atoms with E-state index in [1.165, 1.54) is 5.56 Å². The van der Waals surface area contributed by atoms with Crippen LogP contribution in [0.2, 0.25) is 0 Å². The number of benzene rings is 2. The van der Waals surface area contributed by atoms with E-state index in [0.29, 0.717) is 6.54 Å². The Morgan fingerprint density at radius 1 is 1.19 bits per heavy atom. The maximum Gasteiger partial charge on any atom is 0.265 e. The molecule has 2 heterocycles. The molecular weight excluding hydrogens is 344 g/mol. The summed E-state index contributed by atoms with van der Waals surface area (Å²) in [5.41, 5.74) is 4.09. The molecule has 0 spiro atoms. The van der Waals surface area contributed by atoms with Gasteiger partial charge in [-0.3, -0.25) is 4.79 Å². The minimum atomic E-state index is 0.0113. The standard InChI is InChI=1S/C21H20N2O2S/c1-15-22-18(14-26-15)17-9-10-20-19(12-17)23(21(24)13-25-20)11-5-8-16-6-3-2-4-7-16/h2-4,6-7,9-10,12,14H,5,8,11,13H2,1H3. The van der Waals surface area contributed by atoms with Crippen LogP contribution in [-0.2, 0) is 11.2 Å². The summed E-state index contributed by atoms with van der Waals surface area (Å²) >= 11 is 1.63. The maximum absolute atomic E-state index is 12.4. The number of anilines is 1. The third-order valence-electron chi connectivity index (χ3n) is 4.51. The molecule has 0 atom stereocenters. The second-order valence-corrected chi connectivity index (χ2v) is 7.42. The smallest absolute Gasteiger partial charge is 0.265 e. The van der Waals surface area contributed by atoms with E-state index in [2.05, 4.69) is 17.1 Å². The fourth-order valence-corrected chi connectivity index (χ4v) is 3.81. The van der Waals surface area contributed by atoms with E-state index in [9.17, 15) is 4.79 Å². The summed E-state index contributed by atoms with van der Waals surface area (Å²) in [6.07, 6.45) is 1.86. The van der Waals surface area contributed by atoms with Gasteiger partial charge in [0.25, 0.3) is 5.91 Å². The van der Waals surface area contributed by atoms with E-state index in [-0.39, 0.29) is 12.5 Å². The number of aryl methyl sites for hydroxylation is 2. The average molecular weight is 364 g/mol. The first-order valence-electron chi connectivity index (χ1n) is 8.74. The number of carbonyl (C=O) groups excluding carboxylic acids is 1. The molecule has 0 saturated heterocycles. The van der Waals surface area contributed by atoms with Gasteiger partial charge in [-0.1, -0.05) is 30.3 Å². The van der Waals surface area contributed by atoms with E-state index in [0.717, 1.165) is 40.5 Å². The number of fused-ring (bicyclic) bond motifs is 1. The Morgan fingerprint density at radius 2 is 2.04 bits per heavy atom. The zero-order valence-electron chi connectivity index (χ0n) is 14.6. The van der Waals surface area contributed by atoms with Crippen molar-refractivity contribution >= 4 is 22.9 Å². The topological polar surface area (TPSA) is 42.4 Å². The molecule has 0 radical (unpaired) electrons. The molecule has 1 aliphatic heterocycles. The van der Waals surface area contributed by atoms with Crippen molar-refractivity contribution < 1.29 is 9.53 Å². The van der Waals surface area contributed by atoms with Gasteiger partial charge in [-0.2, -0.15) is 0 Å². The highest BCUT2D eigenvalue weighted by Gasteiger charge is 2.25. The van der Waals surface area contributed by atoms with Crippen molar-refractivity contribution in [1.29, 1.82) is 0 Å². The number of aromatic nitrogens is 1. The van der Waals surface area contributed by atoms with Crippen LogP contribution in [0.5, 0.6) is 5.75 Å². The van der Waals surface area contributed by atoms with Crippen LogP contribution >= 0.6 is 11.3 Å². The molecule has 0 unspecified atom stereocenters. The number of hydrogen-bond donors (Lipinski definition) is 0. The van der Waals surface area contributed by atoms with Crippen molar-refractivity contribution in [2.75, 3.05) is 18.1 Å². The quantitative estimate of drug-likeness (QED) is 0.670. The Morgan fingerprint density at radius 3 is 2.81 bits per heavy atom. The molecule has 0 fully saturated rings. The second-order valence-electron chi connectivity index (χ2n) is 6.36. The van der Waals surface area contributed by atoms with Gasteiger partial charge in [0, 0.05) is 17.5 Å². The van der Waals surface area contributed by atoms with Gasteiger partial charge in [0.15, 0.2) is 6.61 Å². The molecule has 1 amide bonds. The van der Waals surface area contributed by atoms with Gasteiger partial charge < -0.3 is 9.64 Å². The molecule has 4 rings (SSSR count). The minimum absolute atomic E-state index is 0.0113. The van der Waals surface area contributed by atoms with Crippen LogP contribution in [0.25, 0.3) is 11.3 Å². The van der Waals surface area contributed by atoms with Gasteiger partial charge in [-0.05, 0) is 43.5 Å². The molecule has 132 valence electrons. The van der Waals surface area contributed by atoms with Crippen molar-refractivity contribution in [2.45, 2.75) is 19.8 Å². The summed E-state index contributed by atoms with van der Waals surface area (Å²) in [6, 6.07) is 16.3. The highest BCUT2D eigenvalue weighted by Crippen LogP contribution is 2.36. The van der Waals surface area contributed by atoms with Crippen LogP contribution in [0.1, 0.15) is 17.0 Å². The Hall–Kier alpha value is -2.66. The zero-order chi connectivity index (χ0) is 17.9. The van der Waals surface area contributed by atoms with E-state index in [1.807, 2.05) is 53.6 Å². The molecule has 0 bridgehead atoms. The number of amides is 1. The predicted octanol–water partition coefficient (Wildman–Crippen LogP) is 4.48. The largest absolute Gasteiger partial charge is 0.482 e. The Balaban J connectivity index is 1.55. The third-order valence-corrected chi connectivity index (χ3v) is 5.28. The molecule has 1 aliphatic rings. The summed E-state index contributed by atoms with van der Waals surface area (Å²) in [5, 5.41) is 3.08. The number of ether oxygens (including phenoxy) is 1. The lowest BCUT2D eigenvalue weighted by atomic mass is 10.1. The van der Waals surface area contributed by atoms with Gasteiger partial charge >= 0.3 is 0 Å². The molecular formula is C21H20N2O2S. The summed E-state index contributed by atoms with van der Waals surface area (Å²) in [5.74, 6) is 0.775. The van der Waals surface area contributed by atoms with Crippen LogP contribution in [0.15, 0.2) is 53.9 Å². The third kappa shape index (κ3) is 3.48. The minimum Gasteiger partial charge on any atom is -0.482 e. The lowest BCUT2D eigenvalue weighted by Gasteiger charge is -2.29. The fourth-order valence-electron chi connectivity index (χ4n) is 3.19. The first kappa shape index (κ1) is 16.8. The van der Waals surface area contributed by atoms with Crippen LogP contribution < -0.4 is 9.64 Å². The predicted molar refractivity (Wildman–Crippen MR) is 105 cm³/mol. The van der Waals surface area contributed by atoms with Crippen LogP contribution in [0, 0.1) is 6.92 Å². The lowest BCUT2D eigenvalue weighted by molar-refractivity contribution is -0.121. The molecule has 5 heteroatoms. The highest BCUT2D eigenvalue weighted by molar-refractivity contribution is 7.09. The lowest BCUT2D eigenvalue weighted by Crippen LogP contribution is -2.39. The summed E-state index contributed by atoms with van der Waals surface area (Å²) in [7, 11) is 0. The first-order valence-corrected chi connectivity index (χ1v) is 9.62. The molecule has 0 aliphatic carbocycles. The molecule has 0 saturated carbocycles. The fraction of sp³-hybridized carbons (Fsp3) is 0.238. The average Bonchev–Trinajstić information content (AvgIpc) is 3.10. The number of hydrogen-bond acceptors (Lipinski definition) is 4. The van der Waals surface area contributed by atoms with Crippen LogP contribution in [0.4, 0.5) is 5.69 Å². The number of carbonyl (C=O) groups is 1. The van der Waals surface area contributed by atoms with Gasteiger partial charge in [0.2, 0.25) is 0 Å². The SMILES string of the molecule is Cc1nc(-c2ccc3c(c2)N(CCCc2ccccc2)C(=O)CO3)cs1. The summed E-state index contributed by atoms with van der Waals surface area (Å²) < 4.78 is 5.62. The Bertz CT molecular complexity index is 921. The molecule has 0 N–H and O–H groups in total. The van der Waals surface area contributed by atoms with Crippen molar-refractivity contribution in [3.05, 3.63) is 64.5 Å². The summed E-state index contributed by atoms with van der Waals surface area (Å²) in [4.78, 5) is 18.8. The summed E-state index contributed by atoms with van der Waals surface area (Å²) in [6.45, 7) is 2.78. The normalized spacial score (nSPS) is 13.4. The molecule has 1 aromatic heterocycles. The van der Waals surface area contributed by atoms with E-state index in [1.54, 1.807) is 11.3 Å². The van der Waals surface area contributed by atoms with Crippen molar-refractivity contribution in [3.8, 4) is 17.0 Å². The maximum atomic E-state index is 12.4. The number of rotatable bonds is 5. The van der Waals surface area contributed by atoms with E-state index < -0.39 is 0 Å². The van der Waals surface area contributed by atoms with E-state index >= 15 is 0 Å². The van der Waals surface area contributed by atoms with Crippen molar-refractivity contribution in [3.63, 3.8) is 0 Å². The molecule has 3 aromatic rings. The van der Waals surface area contributed by atoms with Crippen molar-refractivity contribution in [2.24, 2.45) is 0 Å². The van der Waals surface area contributed by atoms with Crippen molar-refractivity contribution in [1.82, 2.24) is 4.98 Å². The Labute approximate surface area is 157 Å². The van der Waals surface area contributed by atoms with Crippen LogP contribution in [0.3, 0.4) is 0 Å². The monoisotopic (exact) mass is 364 g/mol. The van der Waals surface area contributed by atoms with Gasteiger partial charge in [-0.25, -0.2) is 4.98 Å². The molecule has 2 aromatic carbocycles.